The molecule has 0 aromatic heterocycles. The topological polar surface area (TPSA) is 3.24 Å². The first-order valence-corrected chi connectivity index (χ1v) is 7.15. The maximum atomic E-state index is 2.58. The number of nitrogens with zero attached hydrogens (tertiary/aromatic N) is 1. The zero-order chi connectivity index (χ0) is 13.2. The van der Waals surface area contributed by atoms with E-state index in [2.05, 4.69) is 79.4 Å². The summed E-state index contributed by atoms with van der Waals surface area (Å²) in [7, 11) is 0. The molecule has 1 aliphatic rings. The standard InChI is InChI=1S/C18H21N/c1-14-13-15(2)19(17-11-7-4-8-12-17)18(14)16-9-5-3-6-10-16/h3-12,14-15,18H,13H2,1-2H3/t14-,15-,18+/m1/s1. The van der Waals surface area contributed by atoms with Gasteiger partial charge in [-0.3, -0.25) is 0 Å². The molecule has 2 aromatic rings. The maximum Gasteiger partial charge on any atom is 0.0571 e. The van der Waals surface area contributed by atoms with Crippen molar-refractivity contribution in [1.82, 2.24) is 0 Å². The third kappa shape index (κ3) is 2.25. The normalized spacial score (nSPS) is 26.6. The molecule has 0 unspecified atom stereocenters. The van der Waals surface area contributed by atoms with Gasteiger partial charge in [-0.25, -0.2) is 0 Å². The molecule has 0 radical (unpaired) electrons. The Labute approximate surface area is 115 Å². The fraction of sp³-hybridized carbons (Fsp3) is 0.333. The Hall–Kier alpha value is -1.76. The second-order valence-electron chi connectivity index (χ2n) is 5.66. The van der Waals surface area contributed by atoms with Crippen LogP contribution in [0.15, 0.2) is 60.7 Å². The largest absolute Gasteiger partial charge is 0.361 e. The van der Waals surface area contributed by atoms with Gasteiger partial charge < -0.3 is 4.90 Å². The Kier molecular flexibility index (Phi) is 3.29. The lowest BCUT2D eigenvalue weighted by atomic mass is 9.95. The van der Waals surface area contributed by atoms with Gasteiger partial charge in [-0.2, -0.15) is 0 Å². The number of benzene rings is 2. The van der Waals surface area contributed by atoms with Gasteiger partial charge in [-0.15, -0.1) is 0 Å². The van der Waals surface area contributed by atoms with Crippen LogP contribution in [0.25, 0.3) is 0 Å². The molecule has 0 spiro atoms. The third-order valence-corrected chi connectivity index (χ3v) is 4.22. The SMILES string of the molecule is C[C@@H]1C[C@@H](C)N(c2ccccc2)[C@@H]1c1ccccc1. The summed E-state index contributed by atoms with van der Waals surface area (Å²) in [6.07, 6.45) is 1.26. The second kappa shape index (κ2) is 5.08. The molecule has 3 atom stereocenters. The minimum atomic E-state index is 0.499. The van der Waals surface area contributed by atoms with E-state index in [4.69, 9.17) is 0 Å². The fourth-order valence-corrected chi connectivity index (χ4v) is 3.48. The van der Waals surface area contributed by atoms with Crippen molar-refractivity contribution in [2.24, 2.45) is 5.92 Å². The van der Waals surface area contributed by atoms with Crippen LogP contribution in [0, 0.1) is 5.92 Å². The van der Waals surface area contributed by atoms with Gasteiger partial charge in [-0.05, 0) is 37.0 Å². The van der Waals surface area contributed by atoms with Crippen LogP contribution in [0.3, 0.4) is 0 Å². The average Bonchev–Trinajstić information content (AvgIpc) is 2.75. The first kappa shape index (κ1) is 12.3. The highest BCUT2D eigenvalue weighted by molar-refractivity contribution is 5.51. The summed E-state index contributed by atoms with van der Waals surface area (Å²) in [5.74, 6) is 0.692. The average molecular weight is 251 g/mol. The van der Waals surface area contributed by atoms with Crippen LogP contribution < -0.4 is 4.90 Å². The monoisotopic (exact) mass is 251 g/mol. The maximum absolute atomic E-state index is 2.58. The Balaban J connectivity index is 2.01. The van der Waals surface area contributed by atoms with Crippen LogP contribution in [0.2, 0.25) is 0 Å². The van der Waals surface area contributed by atoms with E-state index in [0.29, 0.717) is 18.0 Å². The van der Waals surface area contributed by atoms with E-state index in [1.54, 1.807) is 0 Å². The highest BCUT2D eigenvalue weighted by atomic mass is 15.2. The highest BCUT2D eigenvalue weighted by Gasteiger charge is 2.37. The number of rotatable bonds is 2. The van der Waals surface area contributed by atoms with E-state index < -0.39 is 0 Å². The van der Waals surface area contributed by atoms with Crippen molar-refractivity contribution in [2.75, 3.05) is 4.90 Å². The summed E-state index contributed by atoms with van der Waals surface area (Å²) < 4.78 is 0. The smallest absolute Gasteiger partial charge is 0.0571 e. The Morgan fingerprint density at radius 3 is 2.05 bits per heavy atom. The lowest BCUT2D eigenvalue weighted by Gasteiger charge is -2.32. The summed E-state index contributed by atoms with van der Waals surface area (Å²) in [5, 5.41) is 0. The Morgan fingerprint density at radius 1 is 0.842 bits per heavy atom. The van der Waals surface area contributed by atoms with Crippen LogP contribution in [-0.2, 0) is 0 Å². The van der Waals surface area contributed by atoms with E-state index in [9.17, 15) is 0 Å². The predicted molar refractivity (Wildman–Crippen MR) is 81.3 cm³/mol. The van der Waals surface area contributed by atoms with Crippen molar-refractivity contribution < 1.29 is 0 Å². The summed E-state index contributed by atoms with van der Waals surface area (Å²) >= 11 is 0. The molecule has 0 bridgehead atoms. The molecule has 0 N–H and O–H groups in total. The number of hydrogen-bond acceptors (Lipinski definition) is 1. The molecule has 1 aliphatic heterocycles. The molecule has 2 aromatic carbocycles. The molecule has 0 saturated carbocycles. The highest BCUT2D eigenvalue weighted by Crippen LogP contribution is 2.43. The predicted octanol–water partition coefficient (Wildman–Crippen LogP) is 4.66. The zero-order valence-electron chi connectivity index (χ0n) is 11.7. The van der Waals surface area contributed by atoms with E-state index in [-0.39, 0.29) is 0 Å². The van der Waals surface area contributed by atoms with Gasteiger partial charge in [-0.1, -0.05) is 55.5 Å². The first-order valence-electron chi connectivity index (χ1n) is 7.15. The van der Waals surface area contributed by atoms with Crippen LogP contribution in [0.1, 0.15) is 31.9 Å². The molecular formula is C18H21N. The van der Waals surface area contributed by atoms with Crippen molar-refractivity contribution in [1.29, 1.82) is 0 Å². The summed E-state index contributed by atoms with van der Waals surface area (Å²) in [6, 6.07) is 22.8. The minimum absolute atomic E-state index is 0.499. The zero-order valence-corrected chi connectivity index (χ0v) is 11.7. The van der Waals surface area contributed by atoms with Crippen molar-refractivity contribution in [3.63, 3.8) is 0 Å². The van der Waals surface area contributed by atoms with Gasteiger partial charge in [0.1, 0.15) is 0 Å². The minimum Gasteiger partial charge on any atom is -0.361 e. The lowest BCUT2D eigenvalue weighted by Crippen LogP contribution is -2.30. The van der Waals surface area contributed by atoms with Crippen molar-refractivity contribution in [2.45, 2.75) is 32.4 Å². The first-order chi connectivity index (χ1) is 9.27. The van der Waals surface area contributed by atoms with Crippen molar-refractivity contribution in [3.05, 3.63) is 66.2 Å². The molecule has 1 heterocycles. The lowest BCUT2D eigenvalue weighted by molar-refractivity contribution is 0.531. The fourth-order valence-electron chi connectivity index (χ4n) is 3.48. The van der Waals surface area contributed by atoms with E-state index in [1.165, 1.54) is 17.7 Å². The number of anilines is 1. The van der Waals surface area contributed by atoms with Gasteiger partial charge >= 0.3 is 0 Å². The molecule has 98 valence electrons. The molecule has 1 fully saturated rings. The quantitative estimate of drug-likeness (QED) is 0.750. The second-order valence-corrected chi connectivity index (χ2v) is 5.66. The van der Waals surface area contributed by atoms with Crippen molar-refractivity contribution in [3.8, 4) is 0 Å². The summed E-state index contributed by atoms with van der Waals surface area (Å²) in [5.41, 5.74) is 2.77. The number of para-hydroxylation sites is 1. The molecule has 1 nitrogen and oxygen atoms in total. The third-order valence-electron chi connectivity index (χ3n) is 4.22. The van der Waals surface area contributed by atoms with E-state index in [0.717, 1.165) is 0 Å². The molecule has 0 amide bonds. The van der Waals surface area contributed by atoms with Crippen LogP contribution in [0.4, 0.5) is 5.69 Å². The van der Waals surface area contributed by atoms with E-state index in [1.807, 2.05) is 0 Å². The van der Waals surface area contributed by atoms with Crippen LogP contribution in [0.5, 0.6) is 0 Å². The summed E-state index contributed by atoms with van der Waals surface area (Å²) in [4.78, 5) is 2.58. The van der Waals surface area contributed by atoms with Gasteiger partial charge in [0, 0.05) is 11.7 Å². The van der Waals surface area contributed by atoms with Gasteiger partial charge in [0.2, 0.25) is 0 Å². The molecule has 19 heavy (non-hydrogen) atoms. The van der Waals surface area contributed by atoms with Crippen LogP contribution >= 0.6 is 0 Å². The molecule has 3 rings (SSSR count). The summed E-state index contributed by atoms with van der Waals surface area (Å²) in [6.45, 7) is 4.71. The van der Waals surface area contributed by atoms with Gasteiger partial charge in [0.25, 0.3) is 0 Å². The molecular weight excluding hydrogens is 230 g/mol. The molecule has 1 heteroatoms. The number of hydrogen-bond donors (Lipinski definition) is 0. The Bertz CT molecular complexity index is 470. The van der Waals surface area contributed by atoms with Crippen LogP contribution in [-0.4, -0.2) is 6.04 Å². The van der Waals surface area contributed by atoms with Gasteiger partial charge in [0.05, 0.1) is 6.04 Å². The van der Waals surface area contributed by atoms with E-state index >= 15 is 0 Å². The Morgan fingerprint density at radius 2 is 1.42 bits per heavy atom. The molecule has 0 aliphatic carbocycles. The molecule has 1 saturated heterocycles. The van der Waals surface area contributed by atoms with Crippen molar-refractivity contribution >= 4 is 5.69 Å². The van der Waals surface area contributed by atoms with Gasteiger partial charge in [0.15, 0.2) is 0 Å².